The first-order valence-corrected chi connectivity index (χ1v) is 10.0. The largest absolute Gasteiger partial charge is 0.356 e. The average Bonchev–Trinajstić information content (AvgIpc) is 2.52. The summed E-state index contributed by atoms with van der Waals surface area (Å²) < 4.78 is 12.9. The normalized spacial score (nSPS) is 13.0. The minimum atomic E-state index is -2.86. The van der Waals surface area contributed by atoms with Crippen LogP contribution in [0.2, 0.25) is 0 Å². The third-order valence-corrected chi connectivity index (χ3v) is 5.44. The molecule has 0 radical (unpaired) electrons. The quantitative estimate of drug-likeness (QED) is 0.223. The molecular formula is C14H30N5O4P. The van der Waals surface area contributed by atoms with Crippen LogP contribution >= 0.6 is 7.44 Å². The highest BCUT2D eigenvalue weighted by molar-refractivity contribution is 7.59. The molecule has 0 saturated heterocycles. The van der Waals surface area contributed by atoms with Crippen molar-refractivity contribution in [1.82, 2.24) is 26.1 Å². The van der Waals surface area contributed by atoms with E-state index in [9.17, 15) is 18.9 Å². The molecule has 10 heteroatoms. The number of nitrogens with one attached hydrogen (secondary N) is 5. The Kier molecular flexibility index (Phi) is 12.1. The molecule has 24 heavy (non-hydrogen) atoms. The molecule has 9 nitrogen and oxygen atoms in total. The highest BCUT2D eigenvalue weighted by Gasteiger charge is 2.20. The van der Waals surface area contributed by atoms with Crippen molar-refractivity contribution in [3.05, 3.63) is 0 Å². The Bertz CT molecular complexity index is 432. The lowest BCUT2D eigenvalue weighted by atomic mass is 10.4. The third-order valence-electron chi connectivity index (χ3n) is 3.03. The van der Waals surface area contributed by atoms with Crippen molar-refractivity contribution in [3.8, 4) is 0 Å². The molecule has 0 aromatic rings. The molecule has 3 amide bonds. The maximum atomic E-state index is 12.9. The van der Waals surface area contributed by atoms with Crippen molar-refractivity contribution < 1.29 is 18.9 Å². The van der Waals surface area contributed by atoms with E-state index in [4.69, 9.17) is 0 Å². The lowest BCUT2D eigenvalue weighted by Gasteiger charge is -2.21. The molecule has 1 unspecified atom stereocenters. The van der Waals surface area contributed by atoms with Gasteiger partial charge < -0.3 is 16.0 Å². The molecule has 1 atom stereocenters. The molecule has 0 fully saturated rings. The summed E-state index contributed by atoms with van der Waals surface area (Å²) in [5.41, 5.74) is 0. The Morgan fingerprint density at radius 1 is 0.792 bits per heavy atom. The molecule has 0 aromatic carbocycles. The summed E-state index contributed by atoms with van der Waals surface area (Å²) in [4.78, 5) is 32.9. The van der Waals surface area contributed by atoms with Gasteiger partial charge in [-0.1, -0.05) is 6.92 Å². The fraction of sp³-hybridized carbons (Fsp3) is 0.786. The van der Waals surface area contributed by atoms with Gasteiger partial charge in [-0.25, -0.2) is 0 Å². The first kappa shape index (κ1) is 22.6. The number of carbonyl (C=O) groups excluding carboxylic acids is 3. The summed E-state index contributed by atoms with van der Waals surface area (Å²) in [6, 6.07) is 0. The summed E-state index contributed by atoms with van der Waals surface area (Å²) >= 11 is 0. The van der Waals surface area contributed by atoms with E-state index in [1.807, 2.05) is 0 Å². The van der Waals surface area contributed by atoms with Gasteiger partial charge in [0.15, 0.2) is 0 Å². The monoisotopic (exact) mass is 363 g/mol. The van der Waals surface area contributed by atoms with Crippen LogP contribution in [0.5, 0.6) is 0 Å². The van der Waals surface area contributed by atoms with Gasteiger partial charge in [0, 0.05) is 59.2 Å². The van der Waals surface area contributed by atoms with E-state index < -0.39 is 7.44 Å². The van der Waals surface area contributed by atoms with Crippen molar-refractivity contribution in [2.24, 2.45) is 0 Å². The van der Waals surface area contributed by atoms with Crippen molar-refractivity contribution in [2.45, 2.75) is 33.6 Å². The van der Waals surface area contributed by atoms with E-state index in [0.29, 0.717) is 51.7 Å². The predicted molar refractivity (Wildman–Crippen MR) is 93.8 cm³/mol. The second kappa shape index (κ2) is 12.9. The number of rotatable bonds is 13. The molecule has 5 N–H and O–H groups in total. The zero-order chi connectivity index (χ0) is 18.4. The molecule has 0 spiro atoms. The number of carbonyl (C=O) groups is 3. The van der Waals surface area contributed by atoms with Crippen LogP contribution in [0.15, 0.2) is 0 Å². The predicted octanol–water partition coefficient (Wildman–Crippen LogP) is -0.453. The molecule has 0 aliphatic heterocycles. The summed E-state index contributed by atoms with van der Waals surface area (Å²) in [6.07, 6.45) is 1.32. The molecule has 140 valence electrons. The molecule has 0 bridgehead atoms. The fourth-order valence-corrected chi connectivity index (χ4v) is 3.80. The van der Waals surface area contributed by atoms with Gasteiger partial charge in [0.05, 0.1) is 0 Å². The van der Waals surface area contributed by atoms with E-state index >= 15 is 0 Å². The first-order chi connectivity index (χ1) is 11.3. The van der Waals surface area contributed by atoms with E-state index in [1.165, 1.54) is 13.8 Å². The maximum Gasteiger partial charge on any atom is 0.219 e. The summed E-state index contributed by atoms with van der Waals surface area (Å²) in [5, 5.41) is 13.9. The smallest absolute Gasteiger partial charge is 0.219 e. The Labute approximate surface area is 143 Å². The molecule has 0 rings (SSSR count). The summed E-state index contributed by atoms with van der Waals surface area (Å²) in [6.45, 7) is 6.55. The summed E-state index contributed by atoms with van der Waals surface area (Å²) in [7, 11) is -2.86. The minimum absolute atomic E-state index is 0.0593. The second-order valence-electron chi connectivity index (χ2n) is 5.30. The number of hydrogen-bond donors (Lipinski definition) is 5. The van der Waals surface area contributed by atoms with Gasteiger partial charge in [0.1, 0.15) is 0 Å². The number of hydrogen-bond acceptors (Lipinski definition) is 4. The molecule has 0 aliphatic rings. The van der Waals surface area contributed by atoms with Crippen LogP contribution in [-0.2, 0) is 18.9 Å². The van der Waals surface area contributed by atoms with Gasteiger partial charge in [-0.15, -0.1) is 0 Å². The van der Waals surface area contributed by atoms with E-state index in [1.54, 1.807) is 6.92 Å². The lowest BCUT2D eigenvalue weighted by Crippen LogP contribution is -2.36. The van der Waals surface area contributed by atoms with Gasteiger partial charge in [-0.2, -0.15) is 0 Å². The first-order valence-electron chi connectivity index (χ1n) is 8.14. The van der Waals surface area contributed by atoms with Crippen LogP contribution in [0.4, 0.5) is 0 Å². The van der Waals surface area contributed by atoms with Crippen molar-refractivity contribution in [1.29, 1.82) is 0 Å². The Balaban J connectivity index is 4.28. The van der Waals surface area contributed by atoms with Gasteiger partial charge >= 0.3 is 0 Å². The third kappa shape index (κ3) is 13.0. The average molecular weight is 363 g/mol. The van der Waals surface area contributed by atoms with Crippen molar-refractivity contribution >= 4 is 25.2 Å². The second-order valence-corrected chi connectivity index (χ2v) is 7.86. The molecule has 0 heterocycles. The van der Waals surface area contributed by atoms with Crippen LogP contribution < -0.4 is 26.1 Å². The fourth-order valence-electron chi connectivity index (χ4n) is 1.82. The number of amides is 3. The van der Waals surface area contributed by atoms with E-state index in [-0.39, 0.29) is 17.7 Å². The Hall–Kier alpha value is -1.44. The van der Waals surface area contributed by atoms with Crippen LogP contribution in [-0.4, -0.2) is 56.6 Å². The summed E-state index contributed by atoms with van der Waals surface area (Å²) in [5.74, 6) is -0.331. The van der Waals surface area contributed by atoms with Crippen molar-refractivity contribution in [2.75, 3.05) is 38.9 Å². The molecule has 0 aromatic heterocycles. The molecular weight excluding hydrogens is 333 g/mol. The zero-order valence-electron chi connectivity index (χ0n) is 14.7. The van der Waals surface area contributed by atoms with Crippen molar-refractivity contribution in [3.63, 3.8) is 0 Å². The topological polar surface area (TPSA) is 128 Å². The van der Waals surface area contributed by atoms with E-state index in [0.717, 1.165) is 0 Å². The molecule has 0 saturated carbocycles. The van der Waals surface area contributed by atoms with Gasteiger partial charge in [0.25, 0.3) is 0 Å². The SMILES string of the molecule is CCC(=O)NCCNP(=O)(CCCNC(C)=O)NCCNC(C)=O. The highest BCUT2D eigenvalue weighted by Crippen LogP contribution is 2.35. The minimum Gasteiger partial charge on any atom is -0.356 e. The standard InChI is InChI=1S/C14H30N5O4P/c1-4-14(22)17-8-10-19-24(23,11-5-6-15-12(2)20)18-9-7-16-13(3)21/h4-11H2,1-3H3,(H,15,20)(H,16,21)(H,17,22)(H2,18,19,23). The van der Waals surface area contributed by atoms with E-state index in [2.05, 4.69) is 26.1 Å². The molecule has 0 aliphatic carbocycles. The van der Waals surface area contributed by atoms with Gasteiger partial charge in [0.2, 0.25) is 25.2 Å². The van der Waals surface area contributed by atoms with Crippen LogP contribution in [0, 0.1) is 0 Å². The van der Waals surface area contributed by atoms with Gasteiger partial charge in [-0.05, 0) is 6.42 Å². The Morgan fingerprint density at radius 2 is 1.29 bits per heavy atom. The Morgan fingerprint density at radius 3 is 1.79 bits per heavy atom. The van der Waals surface area contributed by atoms with Crippen LogP contribution in [0.3, 0.4) is 0 Å². The lowest BCUT2D eigenvalue weighted by molar-refractivity contribution is -0.121. The maximum absolute atomic E-state index is 12.9. The zero-order valence-corrected chi connectivity index (χ0v) is 15.6. The van der Waals surface area contributed by atoms with Gasteiger partial charge in [-0.3, -0.25) is 29.1 Å². The van der Waals surface area contributed by atoms with Crippen LogP contribution in [0.1, 0.15) is 33.6 Å². The van der Waals surface area contributed by atoms with Crippen LogP contribution in [0.25, 0.3) is 0 Å². The highest BCUT2D eigenvalue weighted by atomic mass is 31.2.